The summed E-state index contributed by atoms with van der Waals surface area (Å²) >= 11 is 0. The Balaban J connectivity index is 1.89. The van der Waals surface area contributed by atoms with Gasteiger partial charge in [-0.25, -0.2) is 4.39 Å². The van der Waals surface area contributed by atoms with Crippen LogP contribution in [-0.4, -0.2) is 15.3 Å². The summed E-state index contributed by atoms with van der Waals surface area (Å²) in [5, 5.41) is 35.6. The molecule has 4 aromatic rings. The smallest absolute Gasteiger partial charge is 0.130 e. The van der Waals surface area contributed by atoms with Crippen molar-refractivity contribution >= 4 is 0 Å². The van der Waals surface area contributed by atoms with Crippen LogP contribution in [0.25, 0.3) is 0 Å². The van der Waals surface area contributed by atoms with Crippen LogP contribution in [0.1, 0.15) is 150 Å². The number of halogens is 1. The van der Waals surface area contributed by atoms with Gasteiger partial charge >= 0.3 is 0 Å². The second-order valence-electron chi connectivity index (χ2n) is 18.3. The van der Waals surface area contributed by atoms with Crippen LogP contribution >= 0.6 is 0 Å². The van der Waals surface area contributed by atoms with E-state index in [0.29, 0.717) is 47.1 Å². The van der Waals surface area contributed by atoms with Crippen LogP contribution < -0.4 is 0 Å². The van der Waals surface area contributed by atoms with Crippen molar-refractivity contribution < 1.29 is 19.7 Å². The summed E-state index contributed by atoms with van der Waals surface area (Å²) in [6.45, 7) is 25.4. The van der Waals surface area contributed by atoms with Crippen molar-refractivity contribution in [2.75, 3.05) is 0 Å². The van der Waals surface area contributed by atoms with Crippen molar-refractivity contribution in [2.45, 2.75) is 130 Å². The van der Waals surface area contributed by atoms with Gasteiger partial charge < -0.3 is 15.3 Å². The fraction of sp³-hybridized carbons (Fsp3) is 0.455. The lowest BCUT2D eigenvalue weighted by Crippen LogP contribution is -2.17. The normalized spacial score (nSPS) is 14.3. The van der Waals surface area contributed by atoms with E-state index in [1.165, 1.54) is 0 Å². The molecule has 3 nitrogen and oxygen atoms in total. The molecular weight excluding hydrogens is 595 g/mol. The van der Waals surface area contributed by atoms with Crippen LogP contribution in [-0.2, 0) is 47.3 Å². The highest BCUT2D eigenvalue weighted by Gasteiger charge is 2.28. The highest BCUT2D eigenvalue weighted by atomic mass is 19.1. The second-order valence-corrected chi connectivity index (χ2v) is 18.3. The molecule has 0 atom stereocenters. The molecule has 0 aromatic heterocycles. The minimum absolute atomic E-state index is 0.136. The Kier molecular flexibility index (Phi) is 8.85. The Bertz CT molecular complexity index is 1820. The molecule has 1 aliphatic carbocycles. The van der Waals surface area contributed by atoms with Gasteiger partial charge in [-0.2, -0.15) is 0 Å². The lowest BCUT2D eigenvalue weighted by Gasteiger charge is -2.27. The topological polar surface area (TPSA) is 60.7 Å². The maximum atomic E-state index is 16.5. The monoisotopic (exact) mass is 650 g/mol. The van der Waals surface area contributed by atoms with E-state index in [4.69, 9.17) is 0 Å². The first-order chi connectivity index (χ1) is 21.9. The molecule has 4 heteroatoms. The molecule has 0 fully saturated rings. The third-order valence-corrected chi connectivity index (χ3v) is 9.95. The molecule has 8 bridgehead atoms. The molecule has 3 N–H and O–H groups in total. The molecule has 0 amide bonds. The van der Waals surface area contributed by atoms with Crippen molar-refractivity contribution in [3.8, 4) is 17.2 Å². The third-order valence-electron chi connectivity index (χ3n) is 9.95. The number of aromatic hydroxyl groups is 3. The Morgan fingerprint density at radius 2 is 0.688 bits per heavy atom. The summed E-state index contributed by atoms with van der Waals surface area (Å²) in [4.78, 5) is 0. The standard InChI is InChI=1S/C44H55FO3/c1-41(2,3)33-19-27-14-25-13-26(37(45)36(15-25)44(10,11)12)16-28-20-34(42(4,5)6)22-30(39(28)47)18-32-24-35(43(7,8)9)23-31(40(32)48)17-29(21-33)38(27)46/h13,15,19-24,46-48H,14,16-18H2,1-12H3. The van der Waals surface area contributed by atoms with Gasteiger partial charge in [-0.3, -0.25) is 0 Å². The molecule has 0 saturated carbocycles. The minimum Gasteiger partial charge on any atom is -0.507 e. The first-order valence-electron chi connectivity index (χ1n) is 17.3. The molecule has 256 valence electrons. The van der Waals surface area contributed by atoms with Gasteiger partial charge in [0.25, 0.3) is 0 Å². The van der Waals surface area contributed by atoms with E-state index in [-0.39, 0.29) is 45.7 Å². The number of phenolic OH excluding ortho intramolecular Hbond substituents is 3. The van der Waals surface area contributed by atoms with Gasteiger partial charge in [0.2, 0.25) is 0 Å². The maximum Gasteiger partial charge on any atom is 0.130 e. The Morgan fingerprint density at radius 3 is 0.979 bits per heavy atom. The quantitative estimate of drug-likeness (QED) is 0.156. The zero-order valence-electron chi connectivity index (χ0n) is 31.2. The van der Waals surface area contributed by atoms with Gasteiger partial charge in [-0.05, 0) is 88.4 Å². The SMILES string of the molecule is CC(C)(C)c1cc2c(O)c(c1)Cc1cc(C(C)(C)C)cc(c1O)Cc1cc(C(C)(C)C)cc(c1O)Cc1cc(cc(C(C)(C)C)c1F)C2. The van der Waals surface area contributed by atoms with E-state index >= 15 is 4.39 Å². The number of rotatable bonds is 0. The van der Waals surface area contributed by atoms with Gasteiger partial charge in [0.1, 0.15) is 23.1 Å². The zero-order valence-corrected chi connectivity index (χ0v) is 31.2. The van der Waals surface area contributed by atoms with Gasteiger partial charge in [0.05, 0.1) is 0 Å². The second kappa shape index (κ2) is 12.0. The number of hydrogen-bond donors (Lipinski definition) is 3. The fourth-order valence-electron chi connectivity index (χ4n) is 6.75. The van der Waals surface area contributed by atoms with Crippen LogP contribution in [0.15, 0.2) is 48.5 Å². The van der Waals surface area contributed by atoms with Crippen LogP contribution in [0.5, 0.6) is 17.2 Å². The summed E-state index contributed by atoms with van der Waals surface area (Å²) in [6, 6.07) is 16.1. The molecule has 0 heterocycles. The summed E-state index contributed by atoms with van der Waals surface area (Å²) in [7, 11) is 0. The Morgan fingerprint density at radius 1 is 0.396 bits per heavy atom. The van der Waals surface area contributed by atoms with E-state index in [9.17, 15) is 15.3 Å². The average Bonchev–Trinajstić information content (AvgIpc) is 2.93. The molecule has 0 radical (unpaired) electrons. The molecule has 5 rings (SSSR count). The van der Waals surface area contributed by atoms with Crippen LogP contribution in [0.4, 0.5) is 4.39 Å². The third kappa shape index (κ3) is 7.14. The molecule has 1 aliphatic rings. The van der Waals surface area contributed by atoms with Crippen LogP contribution in [0.2, 0.25) is 0 Å². The molecule has 0 aliphatic heterocycles. The minimum atomic E-state index is -0.457. The van der Waals surface area contributed by atoms with E-state index in [1.807, 2.05) is 51.1 Å². The number of fused-ring (bicyclic) bond motifs is 8. The maximum absolute atomic E-state index is 16.5. The zero-order chi connectivity index (χ0) is 35.7. The van der Waals surface area contributed by atoms with Crippen LogP contribution in [0, 0.1) is 5.82 Å². The van der Waals surface area contributed by atoms with Gasteiger partial charge in [-0.1, -0.05) is 132 Å². The Labute approximate surface area is 287 Å². The van der Waals surface area contributed by atoms with E-state index in [1.54, 1.807) is 0 Å². The van der Waals surface area contributed by atoms with E-state index in [0.717, 1.165) is 38.9 Å². The van der Waals surface area contributed by atoms with Gasteiger partial charge in [0, 0.05) is 25.7 Å². The van der Waals surface area contributed by atoms with Crippen molar-refractivity contribution in [3.05, 3.63) is 121 Å². The van der Waals surface area contributed by atoms with Crippen LogP contribution in [0.3, 0.4) is 0 Å². The summed E-state index contributed by atoms with van der Waals surface area (Å²) in [6.07, 6.45) is 1.27. The molecule has 0 unspecified atom stereocenters. The van der Waals surface area contributed by atoms with Crippen molar-refractivity contribution in [1.29, 1.82) is 0 Å². The van der Waals surface area contributed by atoms with Crippen molar-refractivity contribution in [3.63, 3.8) is 0 Å². The molecule has 0 saturated heterocycles. The van der Waals surface area contributed by atoms with Crippen molar-refractivity contribution in [1.82, 2.24) is 0 Å². The van der Waals surface area contributed by atoms with Gasteiger partial charge in [0.15, 0.2) is 0 Å². The highest BCUT2D eigenvalue weighted by molar-refractivity contribution is 5.57. The predicted molar refractivity (Wildman–Crippen MR) is 197 cm³/mol. The van der Waals surface area contributed by atoms with E-state index < -0.39 is 5.41 Å². The summed E-state index contributed by atoms with van der Waals surface area (Å²) in [5.74, 6) is 0.253. The van der Waals surface area contributed by atoms with E-state index in [2.05, 4.69) is 80.5 Å². The molecule has 0 spiro atoms. The van der Waals surface area contributed by atoms with Gasteiger partial charge in [-0.15, -0.1) is 0 Å². The first kappa shape index (κ1) is 35.5. The Hall–Kier alpha value is -3.79. The first-order valence-corrected chi connectivity index (χ1v) is 17.3. The molecule has 48 heavy (non-hydrogen) atoms. The fourth-order valence-corrected chi connectivity index (χ4v) is 6.75. The number of hydrogen-bond acceptors (Lipinski definition) is 3. The molecular formula is C44H55FO3. The summed E-state index contributed by atoms with van der Waals surface area (Å²) < 4.78 is 16.5. The average molecular weight is 651 g/mol. The summed E-state index contributed by atoms with van der Waals surface area (Å²) in [5.41, 5.74) is 8.49. The largest absolute Gasteiger partial charge is 0.507 e. The predicted octanol–water partition coefficient (Wildman–Crippen LogP) is 10.8. The lowest BCUT2D eigenvalue weighted by molar-refractivity contribution is 0.452. The lowest BCUT2D eigenvalue weighted by atomic mass is 9.79. The molecule has 4 aromatic carbocycles. The number of phenols is 3. The van der Waals surface area contributed by atoms with Crippen molar-refractivity contribution in [2.24, 2.45) is 0 Å². The number of benzene rings is 4. The highest BCUT2D eigenvalue weighted by Crippen LogP contribution is 2.41.